The Balaban J connectivity index is 1.67. The molecule has 156 valence electrons. The summed E-state index contributed by atoms with van der Waals surface area (Å²) in [7, 11) is -3.53. The highest BCUT2D eigenvalue weighted by Crippen LogP contribution is 2.30. The number of nitrogens with one attached hydrogen (secondary N) is 1. The van der Waals surface area contributed by atoms with E-state index in [1.165, 1.54) is 6.07 Å². The van der Waals surface area contributed by atoms with Crippen molar-refractivity contribution in [3.8, 4) is 0 Å². The molecule has 3 rings (SSSR count). The van der Waals surface area contributed by atoms with E-state index in [2.05, 4.69) is 9.50 Å². The molecule has 1 aromatic carbocycles. The minimum Gasteiger partial charge on any atom is -0.379 e. The van der Waals surface area contributed by atoms with Crippen LogP contribution in [0.25, 0.3) is 0 Å². The maximum Gasteiger partial charge on any atom is 0.264 e. The highest BCUT2D eigenvalue weighted by atomic mass is 32.2. The van der Waals surface area contributed by atoms with Gasteiger partial charge in [0.1, 0.15) is 6.04 Å². The van der Waals surface area contributed by atoms with Gasteiger partial charge in [-0.25, -0.2) is 0 Å². The number of hydrogen-bond acceptors (Lipinski definition) is 8. The fourth-order valence-corrected chi connectivity index (χ4v) is 3.69. The van der Waals surface area contributed by atoms with Crippen LogP contribution in [0.4, 0.5) is 0 Å². The van der Waals surface area contributed by atoms with Crippen LogP contribution < -0.4 is 5.32 Å². The first-order valence-electron chi connectivity index (χ1n) is 8.94. The van der Waals surface area contributed by atoms with Gasteiger partial charge in [-0.1, -0.05) is 12.1 Å². The maximum atomic E-state index is 12.9. The van der Waals surface area contributed by atoms with Crippen molar-refractivity contribution in [1.82, 2.24) is 10.2 Å². The summed E-state index contributed by atoms with van der Waals surface area (Å²) >= 11 is 0. The lowest BCUT2D eigenvalue weighted by atomic mass is 10.0. The van der Waals surface area contributed by atoms with Crippen LogP contribution in [0.15, 0.2) is 18.2 Å². The van der Waals surface area contributed by atoms with E-state index in [0.29, 0.717) is 12.0 Å². The van der Waals surface area contributed by atoms with Gasteiger partial charge >= 0.3 is 0 Å². The van der Waals surface area contributed by atoms with E-state index < -0.39 is 39.8 Å². The van der Waals surface area contributed by atoms with Gasteiger partial charge in [-0.2, -0.15) is 8.42 Å². The van der Waals surface area contributed by atoms with Crippen LogP contribution in [0.5, 0.6) is 0 Å². The van der Waals surface area contributed by atoms with Crippen molar-refractivity contribution >= 4 is 33.7 Å². The van der Waals surface area contributed by atoms with Crippen molar-refractivity contribution < 1.29 is 36.5 Å². The van der Waals surface area contributed by atoms with E-state index >= 15 is 0 Å². The molecule has 0 aliphatic carbocycles. The molecule has 0 aromatic heterocycles. The zero-order valence-electron chi connectivity index (χ0n) is 15.7. The minimum atomic E-state index is -3.53. The first kappa shape index (κ1) is 21.1. The van der Waals surface area contributed by atoms with Crippen LogP contribution in [0.2, 0.25) is 0 Å². The van der Waals surface area contributed by atoms with Crippen molar-refractivity contribution in [2.75, 3.05) is 26.1 Å². The number of hydrogen-bond donors (Lipinski definition) is 1. The largest absolute Gasteiger partial charge is 0.379 e. The molecule has 0 bridgehead atoms. The molecule has 1 fully saturated rings. The molecular formula is C18H20N2O8S. The van der Waals surface area contributed by atoms with Crippen LogP contribution in [0.1, 0.15) is 39.1 Å². The summed E-state index contributed by atoms with van der Waals surface area (Å²) in [6, 6.07) is 3.83. The number of benzene rings is 1. The van der Waals surface area contributed by atoms with Gasteiger partial charge in [-0.3, -0.25) is 33.6 Å². The number of amides is 4. The zero-order valence-corrected chi connectivity index (χ0v) is 16.5. The third kappa shape index (κ3) is 4.69. The summed E-state index contributed by atoms with van der Waals surface area (Å²) in [5.41, 5.74) is 1.01. The molecule has 0 spiro atoms. The predicted molar refractivity (Wildman–Crippen MR) is 98.4 cm³/mol. The van der Waals surface area contributed by atoms with Gasteiger partial charge < -0.3 is 4.74 Å². The van der Waals surface area contributed by atoms with Gasteiger partial charge in [0, 0.05) is 6.42 Å². The van der Waals surface area contributed by atoms with Crippen LogP contribution in [-0.4, -0.2) is 69.1 Å². The fraction of sp³-hybridized carbons (Fsp3) is 0.444. The van der Waals surface area contributed by atoms with Gasteiger partial charge in [0.25, 0.3) is 21.9 Å². The molecule has 1 N–H and O–H groups in total. The fourth-order valence-electron chi connectivity index (χ4n) is 3.32. The maximum absolute atomic E-state index is 12.9. The van der Waals surface area contributed by atoms with E-state index in [9.17, 15) is 27.6 Å². The number of carbonyl (C=O) groups is 4. The van der Waals surface area contributed by atoms with E-state index in [-0.39, 0.29) is 43.8 Å². The number of carbonyl (C=O) groups excluding carboxylic acids is 4. The summed E-state index contributed by atoms with van der Waals surface area (Å²) < 4.78 is 31.7. The lowest BCUT2D eigenvalue weighted by molar-refractivity contribution is -0.136. The third-order valence-corrected chi connectivity index (χ3v) is 5.19. The second kappa shape index (κ2) is 8.39. The second-order valence-corrected chi connectivity index (χ2v) is 8.32. The molecule has 0 saturated carbocycles. The summed E-state index contributed by atoms with van der Waals surface area (Å²) in [4.78, 5) is 50.0. The van der Waals surface area contributed by atoms with Gasteiger partial charge in [-0.15, -0.1) is 0 Å². The van der Waals surface area contributed by atoms with Crippen molar-refractivity contribution in [3.05, 3.63) is 34.9 Å². The lowest BCUT2D eigenvalue weighted by Crippen LogP contribution is -2.54. The highest BCUT2D eigenvalue weighted by Gasteiger charge is 2.45. The number of rotatable bonds is 8. The second-order valence-electron chi connectivity index (χ2n) is 6.68. The van der Waals surface area contributed by atoms with Crippen molar-refractivity contribution in [2.24, 2.45) is 0 Å². The lowest BCUT2D eigenvalue weighted by Gasteiger charge is -2.27. The van der Waals surface area contributed by atoms with Crippen molar-refractivity contribution in [2.45, 2.75) is 25.3 Å². The van der Waals surface area contributed by atoms with Gasteiger partial charge in [0.15, 0.2) is 0 Å². The van der Waals surface area contributed by atoms with E-state index in [4.69, 9.17) is 4.74 Å². The normalized spacial score (nSPS) is 19.5. The van der Waals surface area contributed by atoms with E-state index in [0.717, 1.165) is 11.2 Å². The number of piperidine rings is 1. The minimum absolute atomic E-state index is 0.0529. The molecule has 1 aromatic rings. The van der Waals surface area contributed by atoms with E-state index in [1.807, 2.05) is 0 Å². The quantitative estimate of drug-likeness (QED) is 0.339. The predicted octanol–water partition coefficient (Wildman–Crippen LogP) is -0.377. The first-order valence-corrected chi connectivity index (χ1v) is 10.8. The molecule has 1 unspecified atom stereocenters. The Labute approximate surface area is 167 Å². The molecule has 4 amide bonds. The molecule has 1 atom stereocenters. The van der Waals surface area contributed by atoms with Crippen LogP contribution in [0, 0.1) is 0 Å². The molecule has 11 heteroatoms. The Morgan fingerprint density at radius 1 is 1.10 bits per heavy atom. The monoisotopic (exact) mass is 424 g/mol. The van der Waals surface area contributed by atoms with Crippen molar-refractivity contribution in [1.29, 1.82) is 0 Å². The average molecular weight is 424 g/mol. The molecule has 1 saturated heterocycles. The smallest absolute Gasteiger partial charge is 0.264 e. The van der Waals surface area contributed by atoms with Gasteiger partial charge in [0.2, 0.25) is 11.8 Å². The Morgan fingerprint density at radius 3 is 2.55 bits per heavy atom. The number of fused-ring (bicyclic) bond motifs is 1. The third-order valence-electron chi connectivity index (χ3n) is 4.60. The number of imide groups is 2. The molecule has 29 heavy (non-hydrogen) atoms. The number of nitrogens with zero attached hydrogens (tertiary/aromatic N) is 1. The Hall–Kier alpha value is -2.63. The first-order chi connectivity index (χ1) is 13.7. The Kier molecular flexibility index (Phi) is 6.10. The summed E-state index contributed by atoms with van der Waals surface area (Å²) in [6.45, 7) is 0.118. The average Bonchev–Trinajstić information content (AvgIpc) is 2.89. The SMILES string of the molecule is CS(=O)(=O)OCCOCCc1cccc2c1C(=O)N(C1CCC(=O)NC1=O)C2=O. The Morgan fingerprint density at radius 2 is 1.86 bits per heavy atom. The Bertz CT molecular complexity index is 972. The van der Waals surface area contributed by atoms with Crippen LogP contribution in [0.3, 0.4) is 0 Å². The standard InChI is InChI=1S/C18H20N2O8S/c1-29(25,26)28-10-9-27-8-7-11-3-2-4-12-15(11)18(24)20(17(12)23)13-5-6-14(21)19-16(13)22/h2-4,13H,5-10H2,1H3,(H,19,21,22). The van der Waals surface area contributed by atoms with Crippen LogP contribution >= 0.6 is 0 Å². The van der Waals surface area contributed by atoms with Crippen molar-refractivity contribution in [3.63, 3.8) is 0 Å². The molecule has 0 radical (unpaired) electrons. The highest BCUT2D eigenvalue weighted by molar-refractivity contribution is 7.85. The molecule has 2 heterocycles. The zero-order chi connectivity index (χ0) is 21.2. The molecule has 2 aliphatic heterocycles. The summed E-state index contributed by atoms with van der Waals surface area (Å²) in [5, 5.41) is 2.15. The number of ether oxygens (including phenoxy) is 1. The summed E-state index contributed by atoms with van der Waals surface area (Å²) in [5.74, 6) is -2.23. The summed E-state index contributed by atoms with van der Waals surface area (Å²) in [6.07, 6.45) is 1.40. The topological polar surface area (TPSA) is 136 Å². The molecular weight excluding hydrogens is 404 g/mol. The molecule has 2 aliphatic rings. The van der Waals surface area contributed by atoms with Gasteiger partial charge in [-0.05, 0) is 24.5 Å². The van der Waals surface area contributed by atoms with E-state index in [1.54, 1.807) is 12.1 Å². The molecule has 10 nitrogen and oxygen atoms in total. The van der Waals surface area contributed by atoms with Gasteiger partial charge in [0.05, 0.1) is 37.2 Å². The van der Waals surface area contributed by atoms with Crippen LogP contribution in [-0.2, 0) is 35.0 Å².